The number of benzene rings is 1. The zero-order valence-corrected chi connectivity index (χ0v) is 11.4. The van der Waals surface area contributed by atoms with E-state index in [1.807, 2.05) is 0 Å². The third-order valence-electron chi connectivity index (χ3n) is 2.95. The van der Waals surface area contributed by atoms with Crippen LogP contribution in [-0.4, -0.2) is 23.5 Å². The molecule has 1 amide bonds. The summed E-state index contributed by atoms with van der Waals surface area (Å²) in [7, 11) is 0. The summed E-state index contributed by atoms with van der Waals surface area (Å²) < 4.78 is 13.3. The van der Waals surface area contributed by atoms with Crippen LogP contribution in [0.4, 0.5) is 4.39 Å². The van der Waals surface area contributed by atoms with Gasteiger partial charge in [0.15, 0.2) is 0 Å². The first kappa shape index (κ1) is 16.1. The molecule has 0 radical (unpaired) electrons. The molecule has 0 spiro atoms. The molecule has 0 bridgehead atoms. The Hall–Kier alpha value is -1.91. The van der Waals surface area contributed by atoms with E-state index in [1.54, 1.807) is 18.2 Å². The maximum atomic E-state index is 13.3. The number of carboxylic acids is 1. The van der Waals surface area contributed by atoms with Gasteiger partial charge in [-0.05, 0) is 24.5 Å². The van der Waals surface area contributed by atoms with Crippen molar-refractivity contribution in [3.05, 3.63) is 35.6 Å². The monoisotopic (exact) mass is 281 g/mol. The van der Waals surface area contributed by atoms with Crippen LogP contribution >= 0.6 is 0 Å². The van der Waals surface area contributed by atoms with Gasteiger partial charge in [0.25, 0.3) is 0 Å². The summed E-state index contributed by atoms with van der Waals surface area (Å²) in [5.41, 5.74) is 0.395. The predicted molar refractivity (Wildman–Crippen MR) is 73.8 cm³/mol. The lowest BCUT2D eigenvalue weighted by molar-refractivity contribution is -0.137. The summed E-state index contributed by atoms with van der Waals surface area (Å²) >= 11 is 0. The Labute approximate surface area is 118 Å². The molecule has 20 heavy (non-hydrogen) atoms. The number of carboxylic acid groups (broad SMARTS) is 1. The summed E-state index contributed by atoms with van der Waals surface area (Å²) in [5.74, 6) is -1.33. The van der Waals surface area contributed by atoms with Crippen molar-refractivity contribution < 1.29 is 19.1 Å². The number of amides is 1. The molecule has 0 fully saturated rings. The van der Waals surface area contributed by atoms with Gasteiger partial charge in [0.05, 0.1) is 6.42 Å². The van der Waals surface area contributed by atoms with Crippen LogP contribution in [-0.2, 0) is 16.0 Å². The van der Waals surface area contributed by atoms with Gasteiger partial charge in [-0.2, -0.15) is 0 Å². The number of unbranched alkanes of at least 4 members (excludes halogenated alkanes) is 3. The van der Waals surface area contributed by atoms with Crippen molar-refractivity contribution in [2.75, 3.05) is 6.54 Å². The SMILES string of the molecule is O=C(O)CCCCCCNC(=O)Cc1ccccc1F. The highest BCUT2D eigenvalue weighted by Gasteiger charge is 2.06. The Balaban J connectivity index is 2.09. The number of aliphatic carboxylic acids is 1. The predicted octanol–water partition coefficient (Wildman–Crippen LogP) is 2.52. The van der Waals surface area contributed by atoms with Crippen LogP contribution < -0.4 is 5.32 Å². The van der Waals surface area contributed by atoms with Crippen molar-refractivity contribution in [2.24, 2.45) is 0 Å². The van der Waals surface area contributed by atoms with Crippen LogP contribution in [0, 0.1) is 5.82 Å². The highest BCUT2D eigenvalue weighted by atomic mass is 19.1. The minimum Gasteiger partial charge on any atom is -0.481 e. The fourth-order valence-corrected chi connectivity index (χ4v) is 1.86. The molecule has 0 unspecified atom stereocenters. The molecule has 0 aliphatic heterocycles. The van der Waals surface area contributed by atoms with Crippen molar-refractivity contribution >= 4 is 11.9 Å². The number of nitrogens with one attached hydrogen (secondary N) is 1. The summed E-state index contributed by atoms with van der Waals surface area (Å²) in [5, 5.41) is 11.2. The lowest BCUT2D eigenvalue weighted by atomic mass is 10.1. The van der Waals surface area contributed by atoms with Gasteiger partial charge >= 0.3 is 5.97 Å². The molecular weight excluding hydrogens is 261 g/mol. The van der Waals surface area contributed by atoms with Gasteiger partial charge in [-0.15, -0.1) is 0 Å². The van der Waals surface area contributed by atoms with E-state index in [4.69, 9.17) is 5.11 Å². The molecule has 0 heterocycles. The van der Waals surface area contributed by atoms with Gasteiger partial charge in [0.2, 0.25) is 5.91 Å². The molecule has 1 aromatic carbocycles. The van der Waals surface area contributed by atoms with Gasteiger partial charge < -0.3 is 10.4 Å². The molecule has 0 saturated carbocycles. The van der Waals surface area contributed by atoms with Crippen LogP contribution in [0.25, 0.3) is 0 Å². The van der Waals surface area contributed by atoms with Crippen LogP contribution in [0.3, 0.4) is 0 Å². The number of carbonyl (C=O) groups excluding carboxylic acids is 1. The second kappa shape index (κ2) is 9.07. The zero-order chi connectivity index (χ0) is 14.8. The van der Waals surface area contributed by atoms with Gasteiger partial charge in [0.1, 0.15) is 5.82 Å². The number of hydrogen-bond acceptors (Lipinski definition) is 2. The molecule has 0 aliphatic rings. The number of hydrogen-bond donors (Lipinski definition) is 2. The normalized spacial score (nSPS) is 10.2. The molecule has 2 N–H and O–H groups in total. The highest BCUT2D eigenvalue weighted by Crippen LogP contribution is 2.07. The van der Waals surface area contributed by atoms with Crippen molar-refractivity contribution in [3.8, 4) is 0 Å². The fourth-order valence-electron chi connectivity index (χ4n) is 1.86. The van der Waals surface area contributed by atoms with Crippen LogP contribution in [0.5, 0.6) is 0 Å². The Morgan fingerprint density at radius 1 is 1.10 bits per heavy atom. The second-order valence-electron chi connectivity index (χ2n) is 4.68. The third kappa shape index (κ3) is 6.87. The van der Waals surface area contributed by atoms with E-state index in [0.29, 0.717) is 18.5 Å². The van der Waals surface area contributed by atoms with E-state index in [0.717, 1.165) is 19.3 Å². The summed E-state index contributed by atoms with van der Waals surface area (Å²) in [6.45, 7) is 0.542. The average Bonchev–Trinajstić information content (AvgIpc) is 2.40. The van der Waals surface area contributed by atoms with Crippen LogP contribution in [0.1, 0.15) is 37.7 Å². The standard InChI is InChI=1S/C15H20FNO3/c16-13-8-5-4-7-12(13)11-14(18)17-10-6-2-1-3-9-15(19)20/h4-5,7-8H,1-3,6,9-11H2,(H,17,18)(H,19,20). The molecule has 0 saturated heterocycles. The van der Waals surface area contributed by atoms with E-state index >= 15 is 0 Å². The van der Waals surface area contributed by atoms with Crippen molar-refractivity contribution in [2.45, 2.75) is 38.5 Å². The lowest BCUT2D eigenvalue weighted by Gasteiger charge is -2.06. The highest BCUT2D eigenvalue weighted by molar-refractivity contribution is 5.78. The molecule has 0 atom stereocenters. The summed E-state index contributed by atoms with van der Waals surface area (Å²) in [4.78, 5) is 21.9. The van der Waals surface area contributed by atoms with Gasteiger partial charge in [-0.25, -0.2) is 4.39 Å². The topological polar surface area (TPSA) is 66.4 Å². The summed E-state index contributed by atoms with van der Waals surface area (Å²) in [6.07, 6.45) is 3.44. The first-order valence-corrected chi connectivity index (χ1v) is 6.81. The van der Waals surface area contributed by atoms with Crippen LogP contribution in [0.15, 0.2) is 24.3 Å². The van der Waals surface area contributed by atoms with E-state index < -0.39 is 5.97 Å². The van der Waals surface area contributed by atoms with E-state index in [2.05, 4.69) is 5.32 Å². The molecule has 0 aliphatic carbocycles. The molecule has 110 valence electrons. The Bertz CT molecular complexity index is 448. The smallest absolute Gasteiger partial charge is 0.303 e. The zero-order valence-electron chi connectivity index (χ0n) is 11.4. The largest absolute Gasteiger partial charge is 0.481 e. The second-order valence-corrected chi connectivity index (χ2v) is 4.68. The number of carbonyl (C=O) groups is 2. The van der Waals surface area contributed by atoms with E-state index in [-0.39, 0.29) is 24.6 Å². The molecule has 0 aromatic heterocycles. The maximum absolute atomic E-state index is 13.3. The van der Waals surface area contributed by atoms with Gasteiger partial charge in [0, 0.05) is 13.0 Å². The molecule has 4 nitrogen and oxygen atoms in total. The maximum Gasteiger partial charge on any atom is 0.303 e. The van der Waals surface area contributed by atoms with E-state index in [9.17, 15) is 14.0 Å². The third-order valence-corrected chi connectivity index (χ3v) is 2.95. The van der Waals surface area contributed by atoms with Crippen molar-refractivity contribution in [1.29, 1.82) is 0 Å². The first-order valence-electron chi connectivity index (χ1n) is 6.81. The minimum absolute atomic E-state index is 0.0473. The number of rotatable bonds is 9. The Morgan fingerprint density at radius 3 is 2.50 bits per heavy atom. The van der Waals surface area contributed by atoms with Crippen molar-refractivity contribution in [3.63, 3.8) is 0 Å². The first-order chi connectivity index (χ1) is 9.59. The van der Waals surface area contributed by atoms with Gasteiger partial charge in [-0.3, -0.25) is 9.59 Å². The molecular formula is C15H20FNO3. The average molecular weight is 281 g/mol. The fraction of sp³-hybridized carbons (Fsp3) is 0.467. The lowest BCUT2D eigenvalue weighted by Crippen LogP contribution is -2.26. The Kier molecular flexibility index (Phi) is 7.32. The van der Waals surface area contributed by atoms with E-state index in [1.165, 1.54) is 6.07 Å². The minimum atomic E-state index is -0.775. The van der Waals surface area contributed by atoms with Gasteiger partial charge in [-0.1, -0.05) is 31.0 Å². The summed E-state index contributed by atoms with van der Waals surface area (Å²) in [6, 6.07) is 6.23. The van der Waals surface area contributed by atoms with Crippen molar-refractivity contribution in [1.82, 2.24) is 5.32 Å². The van der Waals surface area contributed by atoms with Crippen LogP contribution in [0.2, 0.25) is 0 Å². The number of halogens is 1. The quantitative estimate of drug-likeness (QED) is 0.683. The molecule has 1 aromatic rings. The molecule has 1 rings (SSSR count). The molecule has 5 heteroatoms. The Morgan fingerprint density at radius 2 is 1.80 bits per heavy atom.